The molecule has 186 valence electrons. The smallest absolute Gasteiger partial charge is 0.401 e. The lowest BCUT2D eigenvalue weighted by molar-refractivity contribution is -0.470. The fourth-order valence-corrected chi connectivity index (χ4v) is 4.12. The van der Waals surface area contributed by atoms with Crippen molar-refractivity contribution in [1.29, 1.82) is 0 Å². The maximum Gasteiger partial charge on any atom is 0.401 e. The average Bonchev–Trinajstić information content (AvgIpc) is 2.73. The van der Waals surface area contributed by atoms with Crippen LogP contribution >= 0.6 is 0 Å². The monoisotopic (exact) mass is 476 g/mol. The Morgan fingerprint density at radius 1 is 0.781 bits per heavy atom. The van der Waals surface area contributed by atoms with Gasteiger partial charge >= 0.3 is 22.2 Å². The van der Waals surface area contributed by atoms with Gasteiger partial charge in [-0.05, 0) is 39.3 Å². The predicted octanol–water partition coefficient (Wildman–Crippen LogP) is 5.49. The second kappa shape index (κ2) is 14.8. The fourth-order valence-electron chi connectivity index (χ4n) is 3.57. The summed E-state index contributed by atoms with van der Waals surface area (Å²) in [5.74, 6) is -3.80. The molecule has 1 unspecified atom stereocenters. The van der Waals surface area contributed by atoms with Gasteiger partial charge in [0.1, 0.15) is 5.75 Å². The maximum absolute atomic E-state index is 12.0. The van der Waals surface area contributed by atoms with Crippen LogP contribution in [0.15, 0.2) is 30.3 Å². The molecule has 1 rings (SSSR count). The van der Waals surface area contributed by atoms with E-state index in [2.05, 4.69) is 6.92 Å². The van der Waals surface area contributed by atoms with Gasteiger partial charge in [0, 0.05) is 26.2 Å². The summed E-state index contributed by atoms with van der Waals surface area (Å²) in [6.45, 7) is 7.73. The molecule has 0 aliphatic heterocycles. The van der Waals surface area contributed by atoms with Crippen LogP contribution in [0.3, 0.4) is 0 Å². The zero-order chi connectivity index (χ0) is 23.9. The topological polar surface area (TPSA) is 101 Å². The molecule has 0 spiro atoms. The van der Waals surface area contributed by atoms with Gasteiger partial charge in [-0.1, -0.05) is 63.6 Å². The van der Waals surface area contributed by atoms with Crippen molar-refractivity contribution in [2.45, 2.75) is 90.8 Å². The quantitative estimate of drug-likeness (QED) is 0.159. The van der Waals surface area contributed by atoms with Crippen LogP contribution in [-0.4, -0.2) is 44.6 Å². The standard InChI is InChI=1S/C23H40O8S/c1-5-9-10-11-12-13-17-20-22(31-32(24,25)26,30-21-18-15-14-16-19-21)23(27-6-2,28-7-3)29-8-4/h14-16,18-19H,5-13,17,20H2,1-4H3,(H,24,25,26). The number of para-hydroxylation sites is 1. The summed E-state index contributed by atoms with van der Waals surface area (Å²) >= 11 is 0. The molecule has 1 aromatic rings. The van der Waals surface area contributed by atoms with E-state index in [0.29, 0.717) is 12.2 Å². The second-order valence-corrected chi connectivity index (χ2v) is 8.43. The van der Waals surface area contributed by atoms with Crippen LogP contribution in [0.2, 0.25) is 0 Å². The summed E-state index contributed by atoms with van der Waals surface area (Å²) < 4.78 is 62.5. The van der Waals surface area contributed by atoms with E-state index < -0.39 is 22.2 Å². The lowest BCUT2D eigenvalue weighted by Crippen LogP contribution is -2.65. The van der Waals surface area contributed by atoms with E-state index in [1.165, 1.54) is 6.42 Å². The first-order valence-electron chi connectivity index (χ1n) is 11.6. The molecule has 9 heteroatoms. The van der Waals surface area contributed by atoms with Gasteiger partial charge in [0.15, 0.2) is 0 Å². The van der Waals surface area contributed by atoms with Gasteiger partial charge in [0.2, 0.25) is 0 Å². The number of hydrogen-bond acceptors (Lipinski definition) is 7. The minimum absolute atomic E-state index is 0.0511. The van der Waals surface area contributed by atoms with Crippen molar-refractivity contribution < 1.29 is 36.1 Å². The summed E-state index contributed by atoms with van der Waals surface area (Å²) in [4.78, 5) is 0. The van der Waals surface area contributed by atoms with Crippen molar-refractivity contribution in [3.05, 3.63) is 30.3 Å². The van der Waals surface area contributed by atoms with Crippen LogP contribution in [0, 0.1) is 0 Å². The summed E-state index contributed by atoms with van der Waals surface area (Å²) in [6, 6.07) is 8.59. The highest BCUT2D eigenvalue weighted by Crippen LogP contribution is 2.40. The lowest BCUT2D eigenvalue weighted by atomic mass is 10.0. The van der Waals surface area contributed by atoms with Crippen molar-refractivity contribution in [1.82, 2.24) is 0 Å². The van der Waals surface area contributed by atoms with Gasteiger partial charge in [-0.15, -0.1) is 0 Å². The molecule has 0 heterocycles. The Morgan fingerprint density at radius 2 is 1.28 bits per heavy atom. The molecule has 8 nitrogen and oxygen atoms in total. The van der Waals surface area contributed by atoms with E-state index in [0.717, 1.165) is 32.1 Å². The van der Waals surface area contributed by atoms with Gasteiger partial charge in [0.25, 0.3) is 0 Å². The van der Waals surface area contributed by atoms with Gasteiger partial charge in [-0.3, -0.25) is 4.55 Å². The molecule has 0 saturated heterocycles. The summed E-state index contributed by atoms with van der Waals surface area (Å²) in [5.41, 5.74) is 0. The number of hydrogen-bond donors (Lipinski definition) is 1. The minimum atomic E-state index is -4.96. The van der Waals surface area contributed by atoms with Crippen molar-refractivity contribution in [3.63, 3.8) is 0 Å². The number of benzene rings is 1. The molecular weight excluding hydrogens is 436 g/mol. The van der Waals surface area contributed by atoms with E-state index in [9.17, 15) is 13.0 Å². The third-order valence-electron chi connectivity index (χ3n) is 4.84. The molecule has 0 saturated carbocycles. The molecule has 0 radical (unpaired) electrons. The Balaban J connectivity index is 3.34. The third-order valence-corrected chi connectivity index (χ3v) is 5.32. The number of ether oxygens (including phenoxy) is 4. The van der Waals surface area contributed by atoms with E-state index in [1.807, 2.05) is 0 Å². The van der Waals surface area contributed by atoms with Gasteiger partial charge in [0.05, 0.1) is 0 Å². The normalized spacial score (nSPS) is 14.3. The SMILES string of the molecule is CCCCCCCCCC(Oc1ccccc1)(OS(=O)(=O)O)C(OCC)(OCC)OCC. The predicted molar refractivity (Wildman–Crippen MR) is 123 cm³/mol. The molecule has 1 N–H and O–H groups in total. The highest BCUT2D eigenvalue weighted by Gasteiger charge is 2.62. The fraction of sp³-hybridized carbons (Fsp3) is 0.739. The highest BCUT2D eigenvalue weighted by atomic mass is 32.3. The molecule has 0 aliphatic rings. The molecule has 0 amide bonds. The van der Waals surface area contributed by atoms with Crippen molar-refractivity contribution in [3.8, 4) is 5.75 Å². The Morgan fingerprint density at radius 3 is 1.75 bits per heavy atom. The highest BCUT2D eigenvalue weighted by molar-refractivity contribution is 7.80. The number of unbranched alkanes of at least 4 members (excludes halogenated alkanes) is 6. The zero-order valence-electron chi connectivity index (χ0n) is 19.9. The Kier molecular flexibility index (Phi) is 13.3. The van der Waals surface area contributed by atoms with Crippen LogP contribution in [0.25, 0.3) is 0 Å². The molecule has 0 bridgehead atoms. The van der Waals surface area contributed by atoms with Crippen LogP contribution in [-0.2, 0) is 28.8 Å². The number of rotatable bonds is 19. The minimum Gasteiger partial charge on any atom is -0.453 e. The van der Waals surface area contributed by atoms with Gasteiger partial charge in [-0.25, -0.2) is 0 Å². The van der Waals surface area contributed by atoms with Crippen molar-refractivity contribution in [2.24, 2.45) is 0 Å². The van der Waals surface area contributed by atoms with E-state index in [-0.39, 0.29) is 26.2 Å². The largest absolute Gasteiger partial charge is 0.453 e. The molecule has 0 fully saturated rings. The average molecular weight is 477 g/mol. The Labute approximate surface area is 193 Å². The summed E-state index contributed by atoms with van der Waals surface area (Å²) in [5, 5.41) is 0. The lowest BCUT2D eigenvalue weighted by Gasteiger charge is -2.45. The molecular formula is C23H40O8S. The first-order chi connectivity index (χ1) is 15.3. The maximum atomic E-state index is 12.0. The van der Waals surface area contributed by atoms with Gasteiger partial charge in [-0.2, -0.15) is 12.6 Å². The van der Waals surface area contributed by atoms with Crippen LogP contribution in [0.4, 0.5) is 0 Å². The Bertz CT molecular complexity index is 693. The van der Waals surface area contributed by atoms with Gasteiger partial charge < -0.3 is 18.9 Å². The Hall–Kier alpha value is -1.23. The third kappa shape index (κ3) is 9.33. The molecule has 1 aromatic carbocycles. The summed E-state index contributed by atoms with van der Waals surface area (Å²) in [7, 11) is -4.96. The van der Waals surface area contributed by atoms with E-state index >= 15 is 0 Å². The van der Waals surface area contributed by atoms with Crippen molar-refractivity contribution >= 4 is 10.4 Å². The zero-order valence-corrected chi connectivity index (χ0v) is 20.7. The first kappa shape index (κ1) is 28.8. The van der Waals surface area contributed by atoms with Crippen LogP contribution in [0.5, 0.6) is 5.75 Å². The van der Waals surface area contributed by atoms with Crippen LogP contribution in [0.1, 0.15) is 79.1 Å². The van der Waals surface area contributed by atoms with Crippen molar-refractivity contribution in [2.75, 3.05) is 19.8 Å². The molecule has 32 heavy (non-hydrogen) atoms. The van der Waals surface area contributed by atoms with E-state index in [4.69, 9.17) is 23.1 Å². The van der Waals surface area contributed by atoms with E-state index in [1.54, 1.807) is 51.1 Å². The first-order valence-corrected chi connectivity index (χ1v) is 13.0. The summed E-state index contributed by atoms with van der Waals surface area (Å²) in [6.07, 6.45) is 7.00. The second-order valence-electron chi connectivity index (χ2n) is 7.41. The molecule has 0 aliphatic carbocycles. The van der Waals surface area contributed by atoms with Crippen LogP contribution < -0.4 is 4.74 Å². The molecule has 1 atom stereocenters. The molecule has 0 aromatic heterocycles.